The molecule has 29 heavy (non-hydrogen) atoms. The number of carbonyl (C=O) groups excluding carboxylic acids is 1. The fourth-order valence-corrected chi connectivity index (χ4v) is 3.22. The van der Waals surface area contributed by atoms with Gasteiger partial charge in [-0.1, -0.05) is 17.7 Å². The predicted octanol–water partition coefficient (Wildman–Crippen LogP) is 4.23. The lowest BCUT2D eigenvalue weighted by atomic mass is 10.2. The SMILES string of the molecule is N#Cc1c(F)cccc1NCCNC(=O)c1csc(COc2ccc(Cl)cc2)n1. The van der Waals surface area contributed by atoms with Gasteiger partial charge in [-0.05, 0) is 36.4 Å². The highest BCUT2D eigenvalue weighted by atomic mass is 35.5. The summed E-state index contributed by atoms with van der Waals surface area (Å²) in [4.78, 5) is 16.5. The average Bonchev–Trinajstić information content (AvgIpc) is 3.20. The number of anilines is 1. The molecule has 0 bridgehead atoms. The summed E-state index contributed by atoms with van der Waals surface area (Å²) in [6.45, 7) is 0.868. The van der Waals surface area contributed by atoms with E-state index in [0.717, 1.165) is 0 Å². The Hall–Kier alpha value is -3.15. The Morgan fingerprint density at radius 1 is 1.24 bits per heavy atom. The minimum Gasteiger partial charge on any atom is -0.486 e. The standard InChI is InChI=1S/C20H16ClFN4O2S/c21-13-4-6-14(7-5-13)28-11-19-26-18(12-29-19)20(27)25-9-8-24-17-3-1-2-16(22)15(17)10-23/h1-7,12,24H,8-9,11H2,(H,25,27). The van der Waals surface area contributed by atoms with Crippen molar-refractivity contribution < 1.29 is 13.9 Å². The van der Waals surface area contributed by atoms with E-state index in [1.807, 2.05) is 6.07 Å². The fraction of sp³-hybridized carbons (Fsp3) is 0.150. The molecule has 148 valence electrons. The van der Waals surface area contributed by atoms with Crippen LogP contribution in [0.1, 0.15) is 21.1 Å². The molecule has 0 radical (unpaired) electrons. The molecule has 6 nitrogen and oxygen atoms in total. The van der Waals surface area contributed by atoms with Gasteiger partial charge in [0.2, 0.25) is 0 Å². The van der Waals surface area contributed by atoms with Gasteiger partial charge in [0.25, 0.3) is 5.91 Å². The first-order valence-corrected chi connectivity index (χ1v) is 9.86. The Labute approximate surface area is 175 Å². The van der Waals surface area contributed by atoms with Crippen molar-refractivity contribution in [3.8, 4) is 11.8 Å². The van der Waals surface area contributed by atoms with Crippen LogP contribution < -0.4 is 15.4 Å². The van der Waals surface area contributed by atoms with Gasteiger partial charge in [0.1, 0.15) is 40.5 Å². The van der Waals surface area contributed by atoms with Crippen molar-refractivity contribution in [1.29, 1.82) is 5.26 Å². The van der Waals surface area contributed by atoms with E-state index < -0.39 is 5.82 Å². The maximum absolute atomic E-state index is 13.5. The molecule has 0 spiro atoms. The fourth-order valence-electron chi connectivity index (χ4n) is 2.41. The first-order valence-electron chi connectivity index (χ1n) is 8.60. The molecule has 1 aromatic heterocycles. The maximum Gasteiger partial charge on any atom is 0.270 e. The summed E-state index contributed by atoms with van der Waals surface area (Å²) in [5, 5.41) is 17.6. The van der Waals surface area contributed by atoms with Crippen LogP contribution in [0.2, 0.25) is 5.02 Å². The normalized spacial score (nSPS) is 10.2. The third-order valence-electron chi connectivity index (χ3n) is 3.81. The van der Waals surface area contributed by atoms with E-state index in [1.165, 1.54) is 23.5 Å². The van der Waals surface area contributed by atoms with E-state index in [2.05, 4.69) is 15.6 Å². The van der Waals surface area contributed by atoms with Gasteiger partial charge in [0.05, 0.1) is 5.69 Å². The number of thiazole rings is 1. The minimum absolute atomic E-state index is 0.0522. The summed E-state index contributed by atoms with van der Waals surface area (Å²) in [7, 11) is 0. The van der Waals surface area contributed by atoms with Crippen LogP contribution in [-0.4, -0.2) is 24.0 Å². The molecule has 0 fully saturated rings. The average molecular weight is 431 g/mol. The number of nitrogens with zero attached hydrogens (tertiary/aromatic N) is 2. The molecule has 0 saturated heterocycles. The van der Waals surface area contributed by atoms with E-state index in [-0.39, 0.29) is 24.6 Å². The number of hydrogen-bond donors (Lipinski definition) is 2. The molecule has 0 unspecified atom stereocenters. The van der Waals surface area contributed by atoms with Gasteiger partial charge in [-0.15, -0.1) is 11.3 Å². The zero-order valence-electron chi connectivity index (χ0n) is 15.1. The highest BCUT2D eigenvalue weighted by Gasteiger charge is 2.11. The van der Waals surface area contributed by atoms with Crippen LogP contribution in [0.3, 0.4) is 0 Å². The molecule has 0 aliphatic carbocycles. The van der Waals surface area contributed by atoms with Crippen LogP contribution in [0.25, 0.3) is 0 Å². The number of aromatic nitrogens is 1. The molecule has 0 atom stereocenters. The van der Waals surface area contributed by atoms with Gasteiger partial charge in [0, 0.05) is 23.5 Å². The molecule has 0 saturated carbocycles. The van der Waals surface area contributed by atoms with Crippen molar-refractivity contribution in [2.24, 2.45) is 0 Å². The van der Waals surface area contributed by atoms with Gasteiger partial charge in [-0.2, -0.15) is 5.26 Å². The largest absolute Gasteiger partial charge is 0.486 e. The number of carbonyl (C=O) groups is 1. The Kier molecular flexibility index (Phi) is 7.00. The minimum atomic E-state index is -0.586. The van der Waals surface area contributed by atoms with Gasteiger partial charge < -0.3 is 15.4 Å². The molecular weight excluding hydrogens is 415 g/mol. The molecule has 1 heterocycles. The second-order valence-corrected chi connectivity index (χ2v) is 7.21. The van der Waals surface area contributed by atoms with Crippen molar-refractivity contribution in [1.82, 2.24) is 10.3 Å². The molecule has 0 aliphatic heterocycles. The summed E-state index contributed by atoms with van der Waals surface area (Å²) in [6, 6.07) is 13.1. The Balaban J connectivity index is 1.45. The molecule has 1 amide bonds. The van der Waals surface area contributed by atoms with E-state index in [9.17, 15) is 9.18 Å². The number of benzene rings is 2. The molecule has 3 aromatic rings. The third-order valence-corrected chi connectivity index (χ3v) is 4.89. The lowest BCUT2D eigenvalue weighted by Crippen LogP contribution is -2.29. The van der Waals surface area contributed by atoms with Gasteiger partial charge in [0.15, 0.2) is 0 Å². The number of rotatable bonds is 8. The van der Waals surface area contributed by atoms with Crippen molar-refractivity contribution in [3.05, 3.63) is 74.9 Å². The van der Waals surface area contributed by atoms with E-state index in [4.69, 9.17) is 21.6 Å². The second-order valence-electron chi connectivity index (χ2n) is 5.83. The quantitative estimate of drug-likeness (QED) is 0.522. The maximum atomic E-state index is 13.5. The van der Waals surface area contributed by atoms with Crippen LogP contribution in [0.15, 0.2) is 47.8 Å². The zero-order valence-corrected chi connectivity index (χ0v) is 16.7. The summed E-state index contributed by atoms with van der Waals surface area (Å²) >= 11 is 7.16. The van der Waals surface area contributed by atoms with E-state index >= 15 is 0 Å². The van der Waals surface area contributed by atoms with Gasteiger partial charge in [-0.3, -0.25) is 4.79 Å². The second kappa shape index (κ2) is 9.87. The van der Waals surface area contributed by atoms with Gasteiger partial charge in [-0.25, -0.2) is 9.37 Å². The molecule has 0 aliphatic rings. The predicted molar refractivity (Wildman–Crippen MR) is 110 cm³/mol. The van der Waals surface area contributed by atoms with Crippen molar-refractivity contribution in [2.45, 2.75) is 6.61 Å². The number of nitriles is 1. The van der Waals surface area contributed by atoms with Crippen LogP contribution in [0.5, 0.6) is 5.75 Å². The Morgan fingerprint density at radius 3 is 2.79 bits per heavy atom. The Bertz CT molecular complexity index is 1030. The number of ether oxygens (including phenoxy) is 1. The molecule has 2 N–H and O–H groups in total. The topological polar surface area (TPSA) is 87.0 Å². The zero-order chi connectivity index (χ0) is 20.6. The highest BCUT2D eigenvalue weighted by molar-refractivity contribution is 7.09. The number of halogens is 2. The van der Waals surface area contributed by atoms with E-state index in [0.29, 0.717) is 33.7 Å². The molecule has 3 rings (SSSR count). The van der Waals surface area contributed by atoms with Crippen molar-refractivity contribution in [3.63, 3.8) is 0 Å². The lowest BCUT2D eigenvalue weighted by Gasteiger charge is -2.09. The van der Waals surface area contributed by atoms with Crippen LogP contribution in [0, 0.1) is 17.1 Å². The summed E-state index contributed by atoms with van der Waals surface area (Å²) in [5.74, 6) is -0.242. The van der Waals surface area contributed by atoms with Crippen LogP contribution in [0.4, 0.5) is 10.1 Å². The Morgan fingerprint density at radius 2 is 2.03 bits per heavy atom. The van der Waals surface area contributed by atoms with Crippen LogP contribution in [-0.2, 0) is 6.61 Å². The number of nitrogens with one attached hydrogen (secondary N) is 2. The molecule has 9 heteroatoms. The van der Waals surface area contributed by atoms with Crippen molar-refractivity contribution in [2.75, 3.05) is 18.4 Å². The molecular formula is C20H16ClFN4O2S. The van der Waals surface area contributed by atoms with Crippen molar-refractivity contribution >= 4 is 34.5 Å². The first kappa shape index (κ1) is 20.6. The summed E-state index contributed by atoms with van der Waals surface area (Å²) in [5.41, 5.74) is 0.633. The van der Waals surface area contributed by atoms with E-state index in [1.54, 1.807) is 35.7 Å². The molecule has 2 aromatic carbocycles. The third kappa shape index (κ3) is 5.67. The number of amides is 1. The smallest absolute Gasteiger partial charge is 0.270 e. The van der Waals surface area contributed by atoms with Gasteiger partial charge >= 0.3 is 0 Å². The number of hydrogen-bond acceptors (Lipinski definition) is 6. The first-order chi connectivity index (χ1) is 14.1. The summed E-state index contributed by atoms with van der Waals surface area (Å²) in [6.07, 6.45) is 0. The lowest BCUT2D eigenvalue weighted by molar-refractivity contribution is 0.0950. The van der Waals surface area contributed by atoms with Crippen LogP contribution >= 0.6 is 22.9 Å². The highest BCUT2D eigenvalue weighted by Crippen LogP contribution is 2.19. The summed E-state index contributed by atoms with van der Waals surface area (Å²) < 4.78 is 19.2. The monoisotopic (exact) mass is 430 g/mol.